The number of alkyl halides is 1. The molecule has 2 nitrogen and oxygen atoms in total. The van der Waals surface area contributed by atoms with Crippen LogP contribution in [-0.4, -0.2) is 17.3 Å². The van der Waals surface area contributed by atoms with E-state index in [4.69, 9.17) is 11.6 Å². The summed E-state index contributed by atoms with van der Waals surface area (Å²) in [6.07, 6.45) is 3.24. The Hall–Kier alpha value is -0.240. The lowest BCUT2D eigenvalue weighted by Crippen LogP contribution is -2.55. The van der Waals surface area contributed by atoms with Crippen LogP contribution in [0.2, 0.25) is 0 Å². The second-order valence-electron chi connectivity index (χ2n) is 7.10. The highest BCUT2D eigenvalue weighted by Crippen LogP contribution is 2.49. The Morgan fingerprint density at radius 2 is 1.50 bits per heavy atom. The van der Waals surface area contributed by atoms with Gasteiger partial charge < -0.3 is 5.32 Å². The molecule has 0 saturated heterocycles. The van der Waals surface area contributed by atoms with Gasteiger partial charge in [-0.1, -0.05) is 27.7 Å². The highest BCUT2D eigenvalue weighted by molar-refractivity contribution is 6.27. The van der Waals surface area contributed by atoms with Gasteiger partial charge in [0.25, 0.3) is 0 Å². The van der Waals surface area contributed by atoms with E-state index in [-0.39, 0.29) is 28.2 Å². The summed E-state index contributed by atoms with van der Waals surface area (Å²) < 4.78 is 0. The van der Waals surface area contributed by atoms with Crippen LogP contribution in [0.5, 0.6) is 0 Å². The summed E-state index contributed by atoms with van der Waals surface area (Å²) in [5, 5.41) is 3.09. The number of hydrogen-bond donors (Lipinski definition) is 1. The summed E-state index contributed by atoms with van der Waals surface area (Å²) in [7, 11) is 0. The first-order valence-corrected chi connectivity index (χ1v) is 6.48. The minimum Gasteiger partial charge on any atom is -0.350 e. The van der Waals surface area contributed by atoms with E-state index in [2.05, 4.69) is 39.9 Å². The van der Waals surface area contributed by atoms with Gasteiger partial charge in [-0.2, -0.15) is 0 Å². The number of hydrogen-bond acceptors (Lipinski definition) is 1. The van der Waals surface area contributed by atoms with Crippen LogP contribution in [0.4, 0.5) is 0 Å². The zero-order chi connectivity index (χ0) is 12.6. The van der Waals surface area contributed by atoms with Crippen LogP contribution in [0.15, 0.2) is 0 Å². The van der Waals surface area contributed by atoms with Crippen molar-refractivity contribution in [3.63, 3.8) is 0 Å². The standard InChI is InChI=1S/C13H24ClNO/c1-11(2)7-12(3,4)9-13(5,8-11)15-10(16)6-14/h6-9H2,1-5H3,(H,15,16). The van der Waals surface area contributed by atoms with Gasteiger partial charge in [0, 0.05) is 5.54 Å². The smallest absolute Gasteiger partial charge is 0.235 e. The number of nitrogens with one attached hydrogen (secondary N) is 1. The van der Waals surface area contributed by atoms with Crippen molar-refractivity contribution in [2.24, 2.45) is 10.8 Å². The maximum absolute atomic E-state index is 11.5. The number of carbonyl (C=O) groups is 1. The third kappa shape index (κ3) is 3.65. The predicted molar refractivity (Wildman–Crippen MR) is 68.7 cm³/mol. The van der Waals surface area contributed by atoms with Gasteiger partial charge in [-0.25, -0.2) is 0 Å². The molecule has 0 aromatic carbocycles. The average Bonchev–Trinajstić information content (AvgIpc) is 1.95. The number of carbonyl (C=O) groups excluding carboxylic acids is 1. The average molecular weight is 246 g/mol. The molecule has 94 valence electrons. The van der Waals surface area contributed by atoms with Crippen molar-refractivity contribution in [2.75, 3.05) is 5.88 Å². The van der Waals surface area contributed by atoms with Gasteiger partial charge in [0.2, 0.25) is 5.91 Å². The lowest BCUT2D eigenvalue weighted by atomic mass is 9.59. The molecule has 0 aromatic rings. The minimum atomic E-state index is -0.114. The van der Waals surface area contributed by atoms with E-state index in [1.54, 1.807) is 0 Å². The van der Waals surface area contributed by atoms with E-state index in [0.29, 0.717) is 0 Å². The van der Waals surface area contributed by atoms with Gasteiger partial charge in [0.15, 0.2) is 0 Å². The van der Waals surface area contributed by atoms with Crippen molar-refractivity contribution in [2.45, 2.75) is 59.4 Å². The SMILES string of the molecule is CC1(C)CC(C)(C)CC(C)(NC(=O)CCl)C1. The molecule has 0 unspecified atom stereocenters. The van der Waals surface area contributed by atoms with Crippen LogP contribution in [-0.2, 0) is 4.79 Å². The largest absolute Gasteiger partial charge is 0.350 e. The van der Waals surface area contributed by atoms with Gasteiger partial charge in [-0.05, 0) is 37.0 Å². The van der Waals surface area contributed by atoms with Crippen LogP contribution in [0.3, 0.4) is 0 Å². The first kappa shape index (κ1) is 13.8. The van der Waals surface area contributed by atoms with Crippen molar-refractivity contribution >= 4 is 17.5 Å². The Morgan fingerprint density at radius 3 is 1.88 bits per heavy atom. The van der Waals surface area contributed by atoms with Crippen molar-refractivity contribution < 1.29 is 4.79 Å². The van der Waals surface area contributed by atoms with Crippen LogP contribution >= 0.6 is 11.6 Å². The van der Waals surface area contributed by atoms with Gasteiger partial charge in [0.05, 0.1) is 0 Å². The quantitative estimate of drug-likeness (QED) is 0.743. The Kier molecular flexibility index (Phi) is 3.64. The van der Waals surface area contributed by atoms with Gasteiger partial charge in [-0.3, -0.25) is 4.79 Å². The van der Waals surface area contributed by atoms with E-state index in [9.17, 15) is 4.79 Å². The third-order valence-corrected chi connectivity index (χ3v) is 3.50. The molecular formula is C13H24ClNO. The summed E-state index contributed by atoms with van der Waals surface area (Å²) >= 11 is 5.56. The maximum atomic E-state index is 11.5. The van der Waals surface area contributed by atoms with Crippen molar-refractivity contribution in [3.8, 4) is 0 Å². The molecule has 1 saturated carbocycles. The third-order valence-electron chi connectivity index (χ3n) is 3.26. The first-order valence-electron chi connectivity index (χ1n) is 5.95. The molecule has 1 rings (SSSR count). The predicted octanol–water partition coefficient (Wildman–Crippen LogP) is 3.34. The van der Waals surface area contributed by atoms with Crippen LogP contribution in [0.25, 0.3) is 0 Å². The lowest BCUT2D eigenvalue weighted by molar-refractivity contribution is -0.122. The fraction of sp³-hybridized carbons (Fsp3) is 0.923. The van der Waals surface area contributed by atoms with Crippen LogP contribution in [0.1, 0.15) is 53.9 Å². The second-order valence-corrected chi connectivity index (χ2v) is 7.37. The molecular weight excluding hydrogens is 222 g/mol. The van der Waals surface area contributed by atoms with Crippen LogP contribution in [0, 0.1) is 10.8 Å². The summed E-state index contributed by atoms with van der Waals surface area (Å²) in [5.41, 5.74) is 0.434. The maximum Gasteiger partial charge on any atom is 0.235 e. The molecule has 0 aromatic heterocycles. The Balaban J connectivity index is 2.83. The summed E-state index contributed by atoms with van der Waals surface area (Å²) in [6.45, 7) is 11.2. The van der Waals surface area contributed by atoms with Crippen molar-refractivity contribution in [1.82, 2.24) is 5.32 Å². The zero-order valence-electron chi connectivity index (χ0n) is 11.1. The molecule has 1 N–H and O–H groups in total. The van der Waals surface area contributed by atoms with Crippen molar-refractivity contribution in [1.29, 1.82) is 0 Å². The van der Waals surface area contributed by atoms with E-state index >= 15 is 0 Å². The number of rotatable bonds is 2. The molecule has 0 aliphatic heterocycles. The zero-order valence-corrected chi connectivity index (χ0v) is 11.9. The molecule has 1 amide bonds. The number of halogens is 1. The molecule has 0 heterocycles. The Bertz CT molecular complexity index is 268. The van der Waals surface area contributed by atoms with Crippen LogP contribution < -0.4 is 5.32 Å². The minimum absolute atomic E-state index is 0.0520. The molecule has 1 aliphatic rings. The molecule has 3 heteroatoms. The topological polar surface area (TPSA) is 29.1 Å². The first-order chi connectivity index (χ1) is 7.08. The molecule has 0 spiro atoms. The normalized spacial score (nSPS) is 26.1. The van der Waals surface area contributed by atoms with E-state index in [0.717, 1.165) is 12.8 Å². The Labute approximate surface area is 104 Å². The van der Waals surface area contributed by atoms with E-state index in [1.807, 2.05) is 0 Å². The lowest BCUT2D eigenvalue weighted by Gasteiger charge is -2.50. The monoisotopic (exact) mass is 245 g/mol. The summed E-state index contributed by atoms with van der Waals surface area (Å²) in [4.78, 5) is 11.5. The van der Waals surface area contributed by atoms with Gasteiger partial charge in [-0.15, -0.1) is 11.6 Å². The summed E-state index contributed by atoms with van der Waals surface area (Å²) in [6, 6.07) is 0. The molecule has 0 radical (unpaired) electrons. The molecule has 0 bridgehead atoms. The Morgan fingerprint density at radius 1 is 1.06 bits per heavy atom. The highest BCUT2D eigenvalue weighted by Gasteiger charge is 2.45. The highest BCUT2D eigenvalue weighted by atomic mass is 35.5. The van der Waals surface area contributed by atoms with E-state index < -0.39 is 0 Å². The fourth-order valence-electron chi connectivity index (χ4n) is 4.05. The molecule has 1 fully saturated rings. The molecule has 0 atom stereocenters. The molecule has 1 aliphatic carbocycles. The number of amides is 1. The summed E-state index contributed by atoms with van der Waals surface area (Å²) in [5.74, 6) is -0.00569. The fourth-order valence-corrected chi connectivity index (χ4v) is 4.12. The van der Waals surface area contributed by atoms with Gasteiger partial charge in [0.1, 0.15) is 5.88 Å². The molecule has 16 heavy (non-hydrogen) atoms. The second kappa shape index (κ2) is 4.21. The van der Waals surface area contributed by atoms with Gasteiger partial charge >= 0.3 is 0 Å². The van der Waals surface area contributed by atoms with Crippen molar-refractivity contribution in [3.05, 3.63) is 0 Å². The van der Waals surface area contributed by atoms with E-state index in [1.165, 1.54) is 6.42 Å².